The van der Waals surface area contributed by atoms with E-state index in [1.165, 1.54) is 11.1 Å². The van der Waals surface area contributed by atoms with Gasteiger partial charge in [-0.3, -0.25) is 0 Å². The Hall–Kier alpha value is -2.23. The SMILES string of the molecule is COc1cccnc1N1Cc2ccc(N)cc2C1. The van der Waals surface area contributed by atoms with E-state index in [4.69, 9.17) is 10.5 Å². The Bertz CT molecular complexity index is 583. The maximum atomic E-state index is 5.81. The van der Waals surface area contributed by atoms with Crippen LogP contribution in [0.25, 0.3) is 0 Å². The maximum Gasteiger partial charge on any atom is 0.171 e. The average Bonchev–Trinajstić information content (AvgIpc) is 2.81. The highest BCUT2D eigenvalue weighted by molar-refractivity contribution is 5.57. The van der Waals surface area contributed by atoms with Crippen molar-refractivity contribution in [2.75, 3.05) is 17.7 Å². The molecule has 0 amide bonds. The number of hydrogen-bond acceptors (Lipinski definition) is 4. The summed E-state index contributed by atoms with van der Waals surface area (Å²) in [5.74, 6) is 1.69. The van der Waals surface area contributed by atoms with Crippen LogP contribution in [0.2, 0.25) is 0 Å². The lowest BCUT2D eigenvalue weighted by atomic mass is 10.1. The Labute approximate surface area is 106 Å². The molecule has 0 atom stereocenters. The summed E-state index contributed by atoms with van der Waals surface area (Å²) >= 11 is 0. The third-order valence-electron chi connectivity index (χ3n) is 3.22. The molecule has 18 heavy (non-hydrogen) atoms. The number of ether oxygens (including phenoxy) is 1. The minimum absolute atomic E-state index is 0.804. The number of rotatable bonds is 2. The lowest BCUT2D eigenvalue weighted by Gasteiger charge is -2.18. The highest BCUT2D eigenvalue weighted by Gasteiger charge is 2.22. The highest BCUT2D eigenvalue weighted by Crippen LogP contribution is 2.33. The average molecular weight is 241 g/mol. The van der Waals surface area contributed by atoms with Crippen molar-refractivity contribution in [3.05, 3.63) is 47.7 Å². The van der Waals surface area contributed by atoms with Crippen LogP contribution < -0.4 is 15.4 Å². The predicted octanol–water partition coefficient (Wildman–Crippen LogP) is 2.19. The van der Waals surface area contributed by atoms with Crippen molar-refractivity contribution in [2.24, 2.45) is 0 Å². The van der Waals surface area contributed by atoms with Crippen molar-refractivity contribution in [1.82, 2.24) is 4.98 Å². The molecule has 2 aromatic rings. The second-order valence-electron chi connectivity index (χ2n) is 4.41. The largest absolute Gasteiger partial charge is 0.493 e. The summed E-state index contributed by atoms with van der Waals surface area (Å²) < 4.78 is 5.35. The molecule has 1 aliphatic heterocycles. The number of methoxy groups -OCH3 is 1. The fraction of sp³-hybridized carbons (Fsp3) is 0.214. The Kier molecular flexibility index (Phi) is 2.55. The first-order valence-corrected chi connectivity index (χ1v) is 5.89. The van der Waals surface area contributed by atoms with E-state index in [1.807, 2.05) is 24.3 Å². The first kappa shape index (κ1) is 10.9. The van der Waals surface area contributed by atoms with Gasteiger partial charge in [-0.1, -0.05) is 6.07 Å². The lowest BCUT2D eigenvalue weighted by Crippen LogP contribution is -2.16. The molecule has 2 heterocycles. The first-order chi connectivity index (χ1) is 8.78. The van der Waals surface area contributed by atoms with Crippen LogP contribution in [0.5, 0.6) is 5.75 Å². The Morgan fingerprint density at radius 1 is 1.22 bits per heavy atom. The van der Waals surface area contributed by atoms with Crippen molar-refractivity contribution in [3.8, 4) is 5.75 Å². The normalized spacial score (nSPS) is 13.5. The van der Waals surface area contributed by atoms with Crippen LogP contribution in [0.3, 0.4) is 0 Å². The number of nitrogens with two attached hydrogens (primary N) is 1. The van der Waals surface area contributed by atoms with Gasteiger partial charge < -0.3 is 15.4 Å². The molecule has 2 N–H and O–H groups in total. The zero-order valence-electron chi connectivity index (χ0n) is 10.3. The van der Waals surface area contributed by atoms with Crippen LogP contribution in [-0.2, 0) is 13.1 Å². The fourth-order valence-corrected chi connectivity index (χ4v) is 2.34. The molecule has 1 aromatic heterocycles. The summed E-state index contributed by atoms with van der Waals surface area (Å²) in [6, 6.07) is 9.87. The van der Waals surface area contributed by atoms with E-state index in [2.05, 4.69) is 16.0 Å². The molecule has 0 aliphatic carbocycles. The van der Waals surface area contributed by atoms with E-state index in [9.17, 15) is 0 Å². The molecule has 0 bridgehead atoms. The van der Waals surface area contributed by atoms with Crippen LogP contribution in [0.15, 0.2) is 36.5 Å². The molecule has 0 unspecified atom stereocenters. The molecule has 0 fully saturated rings. The standard InChI is InChI=1S/C14H15N3O/c1-18-13-3-2-6-16-14(13)17-8-10-4-5-12(15)7-11(10)9-17/h2-7H,8-9,15H2,1H3. The van der Waals surface area contributed by atoms with Gasteiger partial charge in [0.1, 0.15) is 0 Å². The molecule has 0 radical (unpaired) electrons. The summed E-state index contributed by atoms with van der Waals surface area (Å²) in [7, 11) is 1.67. The number of nitrogen functional groups attached to an aromatic ring is 1. The van der Waals surface area contributed by atoms with Gasteiger partial charge in [0.15, 0.2) is 11.6 Å². The fourth-order valence-electron chi connectivity index (χ4n) is 2.34. The molecular weight excluding hydrogens is 226 g/mol. The smallest absolute Gasteiger partial charge is 0.171 e. The number of aromatic nitrogens is 1. The highest BCUT2D eigenvalue weighted by atomic mass is 16.5. The van der Waals surface area contributed by atoms with Gasteiger partial charge in [0, 0.05) is 25.0 Å². The summed E-state index contributed by atoms with van der Waals surface area (Å²) in [6.45, 7) is 1.68. The molecule has 0 saturated carbocycles. The van der Waals surface area contributed by atoms with Crippen LogP contribution >= 0.6 is 0 Å². The summed E-state index contributed by atoms with van der Waals surface area (Å²) in [6.07, 6.45) is 1.79. The summed E-state index contributed by atoms with van der Waals surface area (Å²) in [5, 5.41) is 0. The summed E-state index contributed by atoms with van der Waals surface area (Å²) in [4.78, 5) is 6.60. The van der Waals surface area contributed by atoms with Crippen molar-refractivity contribution >= 4 is 11.5 Å². The van der Waals surface area contributed by atoms with Crippen LogP contribution in [-0.4, -0.2) is 12.1 Å². The van der Waals surface area contributed by atoms with Gasteiger partial charge in [0.25, 0.3) is 0 Å². The van der Waals surface area contributed by atoms with Gasteiger partial charge in [-0.2, -0.15) is 0 Å². The molecule has 92 valence electrons. The Morgan fingerprint density at radius 2 is 2.06 bits per heavy atom. The first-order valence-electron chi connectivity index (χ1n) is 5.89. The number of anilines is 2. The second-order valence-corrected chi connectivity index (χ2v) is 4.41. The van der Waals surface area contributed by atoms with Crippen LogP contribution in [0.1, 0.15) is 11.1 Å². The molecule has 0 spiro atoms. The van der Waals surface area contributed by atoms with Crippen molar-refractivity contribution in [1.29, 1.82) is 0 Å². The third kappa shape index (κ3) is 1.76. The second kappa shape index (κ2) is 4.22. The number of nitrogens with zero attached hydrogens (tertiary/aromatic N) is 2. The van der Waals surface area contributed by atoms with Gasteiger partial charge in [0.2, 0.25) is 0 Å². The van der Waals surface area contributed by atoms with E-state index < -0.39 is 0 Å². The monoisotopic (exact) mass is 241 g/mol. The maximum absolute atomic E-state index is 5.81. The molecule has 4 nitrogen and oxygen atoms in total. The van der Waals surface area contributed by atoms with Crippen molar-refractivity contribution < 1.29 is 4.74 Å². The minimum atomic E-state index is 0.804. The van der Waals surface area contributed by atoms with Gasteiger partial charge >= 0.3 is 0 Å². The number of hydrogen-bond donors (Lipinski definition) is 1. The van der Waals surface area contributed by atoms with E-state index in [1.54, 1.807) is 13.3 Å². The number of benzene rings is 1. The van der Waals surface area contributed by atoms with Crippen molar-refractivity contribution in [3.63, 3.8) is 0 Å². The van der Waals surface area contributed by atoms with Crippen molar-refractivity contribution in [2.45, 2.75) is 13.1 Å². The molecular formula is C14H15N3O. The van der Waals surface area contributed by atoms with Gasteiger partial charge in [-0.15, -0.1) is 0 Å². The van der Waals surface area contributed by atoms with E-state index >= 15 is 0 Å². The topological polar surface area (TPSA) is 51.4 Å². The lowest BCUT2D eigenvalue weighted by molar-refractivity contribution is 0.412. The quantitative estimate of drug-likeness (QED) is 0.819. The predicted molar refractivity (Wildman–Crippen MR) is 71.5 cm³/mol. The Balaban J connectivity index is 1.93. The van der Waals surface area contributed by atoms with E-state index in [-0.39, 0.29) is 0 Å². The minimum Gasteiger partial charge on any atom is -0.493 e. The van der Waals surface area contributed by atoms with E-state index in [0.29, 0.717) is 0 Å². The zero-order chi connectivity index (χ0) is 12.5. The van der Waals surface area contributed by atoms with Gasteiger partial charge in [-0.25, -0.2) is 4.98 Å². The van der Waals surface area contributed by atoms with Gasteiger partial charge in [0.05, 0.1) is 7.11 Å². The molecule has 4 heteroatoms. The van der Waals surface area contributed by atoms with Crippen LogP contribution in [0.4, 0.5) is 11.5 Å². The van der Waals surface area contributed by atoms with E-state index in [0.717, 1.165) is 30.3 Å². The van der Waals surface area contributed by atoms with Crippen LogP contribution in [0, 0.1) is 0 Å². The molecule has 1 aliphatic rings. The third-order valence-corrected chi connectivity index (χ3v) is 3.22. The number of pyridine rings is 1. The molecule has 1 aromatic carbocycles. The Morgan fingerprint density at radius 3 is 2.89 bits per heavy atom. The molecule has 0 saturated heterocycles. The number of fused-ring (bicyclic) bond motifs is 1. The zero-order valence-corrected chi connectivity index (χ0v) is 10.3. The summed E-state index contributed by atoms with van der Waals surface area (Å²) in [5.41, 5.74) is 9.19. The molecule has 3 rings (SSSR count). The van der Waals surface area contributed by atoms with Gasteiger partial charge in [-0.05, 0) is 35.4 Å².